The predicted molar refractivity (Wildman–Crippen MR) is 100 cm³/mol. The number of sulfonamides is 1. The number of rotatable bonds is 8. The molecule has 0 aliphatic heterocycles. The number of aromatic nitrogens is 1. The van der Waals surface area contributed by atoms with E-state index < -0.39 is 10.0 Å². The van der Waals surface area contributed by atoms with Gasteiger partial charge in [-0.2, -0.15) is 0 Å². The number of hydrogen-bond donors (Lipinski definition) is 1. The lowest BCUT2D eigenvalue weighted by molar-refractivity contribution is 0.103. The molecule has 1 aromatic heterocycles. The second kappa shape index (κ2) is 7.40. The van der Waals surface area contributed by atoms with Crippen molar-refractivity contribution in [2.24, 2.45) is 5.92 Å². The summed E-state index contributed by atoms with van der Waals surface area (Å²) in [6.07, 6.45) is 3.84. The molecule has 1 fully saturated rings. The van der Waals surface area contributed by atoms with E-state index in [1.54, 1.807) is 6.07 Å². The number of nitrogens with zero attached hydrogens (tertiary/aromatic N) is 1. The first-order chi connectivity index (χ1) is 12.3. The highest BCUT2D eigenvalue weighted by atomic mass is 35.5. The summed E-state index contributed by atoms with van der Waals surface area (Å²) in [4.78, 5) is 13.0. The van der Waals surface area contributed by atoms with Crippen LogP contribution < -0.4 is 4.72 Å². The molecule has 0 bridgehead atoms. The minimum absolute atomic E-state index is 0.0224. The van der Waals surface area contributed by atoms with Gasteiger partial charge in [-0.05, 0) is 43.4 Å². The Balaban J connectivity index is 1.90. The molecule has 0 amide bonds. The third-order valence-electron chi connectivity index (χ3n) is 4.25. The average molecular weight is 397 g/mol. The van der Waals surface area contributed by atoms with Gasteiger partial charge in [0, 0.05) is 16.5 Å². The molecule has 0 saturated heterocycles. The fourth-order valence-corrected chi connectivity index (χ4v) is 4.17. The summed E-state index contributed by atoms with van der Waals surface area (Å²) in [5.74, 6) is 0.691. The van der Waals surface area contributed by atoms with Crippen molar-refractivity contribution in [2.75, 3.05) is 10.5 Å². The normalized spacial score (nSPS) is 14.6. The molecule has 1 saturated carbocycles. The summed E-state index contributed by atoms with van der Waals surface area (Å²) in [5, 5.41) is 4.08. The van der Waals surface area contributed by atoms with E-state index in [1.807, 2.05) is 13.8 Å². The molecule has 1 N–H and O–H groups in total. The minimum atomic E-state index is -3.59. The van der Waals surface area contributed by atoms with E-state index in [0.29, 0.717) is 22.8 Å². The maximum absolute atomic E-state index is 13.0. The summed E-state index contributed by atoms with van der Waals surface area (Å²) < 4.78 is 32.5. The van der Waals surface area contributed by atoms with Crippen LogP contribution in [0.15, 0.2) is 28.9 Å². The van der Waals surface area contributed by atoms with Gasteiger partial charge < -0.3 is 4.52 Å². The van der Waals surface area contributed by atoms with Crippen molar-refractivity contribution in [1.82, 2.24) is 5.16 Å². The van der Waals surface area contributed by atoms with Crippen LogP contribution in [0.2, 0.25) is 5.02 Å². The fourth-order valence-electron chi connectivity index (χ4n) is 2.61. The van der Waals surface area contributed by atoms with E-state index in [9.17, 15) is 13.2 Å². The van der Waals surface area contributed by atoms with Crippen LogP contribution in [0.3, 0.4) is 0 Å². The summed E-state index contributed by atoms with van der Waals surface area (Å²) in [6.45, 7) is 3.91. The molecule has 6 nitrogen and oxygen atoms in total. The Hall–Kier alpha value is -1.86. The van der Waals surface area contributed by atoms with Crippen molar-refractivity contribution in [3.05, 3.63) is 46.3 Å². The number of anilines is 1. The second-order valence-electron chi connectivity index (χ2n) is 7.00. The van der Waals surface area contributed by atoms with E-state index in [4.69, 9.17) is 16.1 Å². The quantitative estimate of drug-likeness (QED) is 0.674. The van der Waals surface area contributed by atoms with Crippen LogP contribution in [0, 0.1) is 5.92 Å². The zero-order valence-electron chi connectivity index (χ0n) is 14.7. The minimum Gasteiger partial charge on any atom is -0.360 e. The van der Waals surface area contributed by atoms with Crippen LogP contribution in [0.4, 0.5) is 5.69 Å². The largest absolute Gasteiger partial charge is 0.360 e. The molecule has 2 aromatic rings. The fraction of sp³-hybridized carbons (Fsp3) is 0.444. The highest BCUT2D eigenvalue weighted by Crippen LogP contribution is 2.42. The van der Waals surface area contributed by atoms with Crippen LogP contribution in [-0.4, -0.2) is 25.1 Å². The molecule has 1 aromatic carbocycles. The molecule has 140 valence electrons. The average Bonchev–Trinajstić information content (AvgIpc) is 3.29. The number of hydrogen-bond acceptors (Lipinski definition) is 5. The van der Waals surface area contributed by atoms with Crippen molar-refractivity contribution in [1.29, 1.82) is 0 Å². The number of carbonyl (C=O) groups is 1. The van der Waals surface area contributed by atoms with Gasteiger partial charge in [0.15, 0.2) is 11.5 Å². The Bertz CT molecular complexity index is 917. The highest BCUT2D eigenvalue weighted by Gasteiger charge is 2.33. The van der Waals surface area contributed by atoms with E-state index in [2.05, 4.69) is 9.88 Å². The van der Waals surface area contributed by atoms with Gasteiger partial charge >= 0.3 is 0 Å². The van der Waals surface area contributed by atoms with Crippen molar-refractivity contribution >= 4 is 33.1 Å². The van der Waals surface area contributed by atoms with E-state index in [0.717, 1.165) is 12.8 Å². The Morgan fingerprint density at radius 1 is 1.35 bits per heavy atom. The van der Waals surface area contributed by atoms with Gasteiger partial charge in [0.25, 0.3) is 0 Å². The first-order valence-electron chi connectivity index (χ1n) is 8.56. The van der Waals surface area contributed by atoms with Crippen molar-refractivity contribution in [3.63, 3.8) is 0 Å². The first kappa shape index (κ1) is 18.9. The smallest absolute Gasteiger partial charge is 0.232 e. The van der Waals surface area contributed by atoms with Gasteiger partial charge in [-0.15, -0.1) is 0 Å². The molecule has 0 radical (unpaired) electrons. The lowest BCUT2D eigenvalue weighted by Crippen LogP contribution is -2.20. The van der Waals surface area contributed by atoms with E-state index >= 15 is 0 Å². The van der Waals surface area contributed by atoms with Gasteiger partial charge in [-0.1, -0.05) is 30.6 Å². The van der Waals surface area contributed by atoms with Crippen LogP contribution >= 0.6 is 11.6 Å². The molecule has 26 heavy (non-hydrogen) atoms. The van der Waals surface area contributed by atoms with Crippen LogP contribution in [-0.2, 0) is 10.0 Å². The van der Waals surface area contributed by atoms with Gasteiger partial charge in [0.1, 0.15) is 0 Å². The molecule has 1 heterocycles. The Kier molecular flexibility index (Phi) is 5.39. The third-order valence-corrected chi connectivity index (χ3v) is 5.79. The second-order valence-corrected chi connectivity index (χ2v) is 9.28. The van der Waals surface area contributed by atoms with Crippen LogP contribution in [0.1, 0.15) is 60.7 Å². The third kappa shape index (κ3) is 4.45. The molecule has 0 unspecified atom stereocenters. The summed E-state index contributed by atoms with van der Waals surface area (Å²) in [7, 11) is -3.59. The molecular formula is C18H21ClN2O4S. The molecule has 3 rings (SSSR count). The summed E-state index contributed by atoms with van der Waals surface area (Å²) in [6, 6.07) is 4.53. The van der Waals surface area contributed by atoms with Crippen LogP contribution in [0.5, 0.6) is 0 Å². The van der Waals surface area contributed by atoms with E-state index in [1.165, 1.54) is 18.3 Å². The zero-order valence-corrected chi connectivity index (χ0v) is 16.2. The topological polar surface area (TPSA) is 89.3 Å². The molecular weight excluding hydrogens is 376 g/mol. The van der Waals surface area contributed by atoms with Crippen LogP contribution in [0.25, 0.3) is 0 Å². The Labute approximate surface area is 158 Å². The van der Waals surface area contributed by atoms with Crippen molar-refractivity contribution in [2.45, 2.75) is 39.0 Å². The lowest BCUT2D eigenvalue weighted by Gasteiger charge is -2.13. The number of nitrogens with one attached hydrogen (secondary N) is 1. The van der Waals surface area contributed by atoms with Crippen molar-refractivity contribution in [3.8, 4) is 0 Å². The van der Waals surface area contributed by atoms with E-state index in [-0.39, 0.29) is 34.6 Å². The summed E-state index contributed by atoms with van der Waals surface area (Å²) >= 11 is 6.02. The SMILES string of the molecule is CC(C)CCS(=O)(=O)Nc1cc(Cl)ccc1C(=O)c1cnoc1C1CC1. The highest BCUT2D eigenvalue weighted by molar-refractivity contribution is 7.92. The van der Waals surface area contributed by atoms with Gasteiger partial charge in [-0.3, -0.25) is 9.52 Å². The maximum Gasteiger partial charge on any atom is 0.232 e. The Morgan fingerprint density at radius 2 is 2.08 bits per heavy atom. The summed E-state index contributed by atoms with van der Waals surface area (Å²) in [5.41, 5.74) is 0.777. The number of halogens is 1. The molecule has 0 spiro atoms. The first-order valence-corrected chi connectivity index (χ1v) is 10.6. The number of benzene rings is 1. The predicted octanol–water partition coefficient (Wildman–Crippen LogP) is 4.22. The standard InChI is InChI=1S/C18H21ClN2O4S/c1-11(2)7-8-26(23,24)21-16-9-13(19)5-6-14(16)17(22)15-10-20-25-18(15)12-3-4-12/h5-6,9-12,21H,3-4,7-8H2,1-2H3. The van der Waals surface area contributed by atoms with Gasteiger partial charge in [0.05, 0.1) is 23.2 Å². The molecule has 1 aliphatic carbocycles. The maximum atomic E-state index is 13.0. The number of ketones is 1. The van der Waals surface area contributed by atoms with Gasteiger partial charge in [0.2, 0.25) is 10.0 Å². The van der Waals surface area contributed by atoms with Crippen molar-refractivity contribution < 1.29 is 17.7 Å². The molecule has 1 aliphatic rings. The zero-order chi connectivity index (χ0) is 18.9. The van der Waals surface area contributed by atoms with Gasteiger partial charge in [-0.25, -0.2) is 8.42 Å². The lowest BCUT2D eigenvalue weighted by atomic mass is 10.0. The molecule has 0 atom stereocenters. The molecule has 8 heteroatoms. The monoisotopic (exact) mass is 396 g/mol. The number of carbonyl (C=O) groups excluding carboxylic acids is 1. The Morgan fingerprint density at radius 3 is 2.73 bits per heavy atom.